The molecule has 1 unspecified atom stereocenters. The Morgan fingerprint density at radius 3 is 3.04 bits per heavy atom. The molecule has 0 radical (unpaired) electrons. The summed E-state index contributed by atoms with van der Waals surface area (Å²) < 4.78 is 10.5. The van der Waals surface area contributed by atoms with Crippen LogP contribution in [0, 0.1) is 6.92 Å². The molecule has 23 heavy (non-hydrogen) atoms. The minimum Gasteiger partial charge on any atom is -0.355 e. The molecule has 3 aromatic heterocycles. The molecule has 7 nitrogen and oxygen atoms in total. The van der Waals surface area contributed by atoms with Gasteiger partial charge in [-0.05, 0) is 24.8 Å². The Bertz CT molecular complexity index is 824. The van der Waals surface area contributed by atoms with E-state index in [2.05, 4.69) is 15.3 Å². The molecule has 1 aliphatic rings. The van der Waals surface area contributed by atoms with E-state index < -0.39 is 0 Å². The molecule has 1 saturated heterocycles. The molecule has 0 aliphatic carbocycles. The van der Waals surface area contributed by atoms with E-state index in [1.54, 1.807) is 29.2 Å². The minimum atomic E-state index is -0.129. The third kappa shape index (κ3) is 2.65. The van der Waals surface area contributed by atoms with Crippen molar-refractivity contribution in [2.24, 2.45) is 0 Å². The fraction of sp³-hybridized carbons (Fsp3) is 0.333. The van der Waals surface area contributed by atoms with Crippen LogP contribution in [0.4, 0.5) is 0 Å². The zero-order valence-corrected chi connectivity index (χ0v) is 13.2. The van der Waals surface area contributed by atoms with Gasteiger partial charge in [-0.25, -0.2) is 0 Å². The second-order valence-corrected chi connectivity index (χ2v) is 6.42. The third-order valence-electron chi connectivity index (χ3n) is 3.86. The average Bonchev–Trinajstić information content (AvgIpc) is 3.31. The molecule has 0 N–H and O–H groups in total. The number of amides is 1. The van der Waals surface area contributed by atoms with Crippen LogP contribution in [0.15, 0.2) is 32.6 Å². The van der Waals surface area contributed by atoms with Gasteiger partial charge in [0.05, 0.1) is 10.8 Å². The van der Waals surface area contributed by atoms with Crippen molar-refractivity contribution in [3.05, 3.63) is 41.0 Å². The molecule has 118 valence electrons. The molecule has 1 aliphatic heterocycles. The molecule has 1 atom stereocenters. The highest BCUT2D eigenvalue weighted by molar-refractivity contribution is 7.13. The van der Waals surface area contributed by atoms with E-state index in [0.717, 1.165) is 11.3 Å². The van der Waals surface area contributed by atoms with Crippen LogP contribution < -0.4 is 0 Å². The number of carbonyl (C=O) groups excluding carboxylic acids is 1. The molecule has 1 amide bonds. The largest absolute Gasteiger partial charge is 0.355 e. The van der Waals surface area contributed by atoms with Crippen molar-refractivity contribution >= 4 is 17.2 Å². The van der Waals surface area contributed by atoms with Crippen LogP contribution in [0.5, 0.6) is 0 Å². The lowest BCUT2D eigenvalue weighted by Gasteiger charge is -2.13. The lowest BCUT2D eigenvalue weighted by molar-refractivity contribution is 0.0779. The van der Waals surface area contributed by atoms with E-state index in [1.165, 1.54) is 0 Å². The topological polar surface area (TPSA) is 85.3 Å². The van der Waals surface area contributed by atoms with Crippen molar-refractivity contribution in [3.63, 3.8) is 0 Å². The third-order valence-corrected chi connectivity index (χ3v) is 4.75. The first-order valence-corrected chi connectivity index (χ1v) is 8.19. The second-order valence-electron chi connectivity index (χ2n) is 5.47. The summed E-state index contributed by atoms with van der Waals surface area (Å²) in [5.41, 5.74) is 0.329. The molecule has 4 heterocycles. The van der Waals surface area contributed by atoms with Crippen molar-refractivity contribution in [1.29, 1.82) is 0 Å². The SMILES string of the molecule is Cc1noc(C2CCN(C(=O)c3cc(-c4cccs4)on3)C2)n1. The number of rotatable bonds is 3. The maximum absolute atomic E-state index is 12.6. The summed E-state index contributed by atoms with van der Waals surface area (Å²) in [5, 5.41) is 9.67. The van der Waals surface area contributed by atoms with Crippen molar-refractivity contribution < 1.29 is 13.8 Å². The summed E-state index contributed by atoms with van der Waals surface area (Å²) in [7, 11) is 0. The number of nitrogens with zero attached hydrogens (tertiary/aromatic N) is 4. The van der Waals surface area contributed by atoms with E-state index in [-0.39, 0.29) is 11.8 Å². The Morgan fingerprint density at radius 2 is 2.30 bits per heavy atom. The van der Waals surface area contributed by atoms with Crippen LogP contribution in [-0.4, -0.2) is 39.2 Å². The number of aromatic nitrogens is 3. The highest BCUT2D eigenvalue weighted by Gasteiger charge is 2.32. The van der Waals surface area contributed by atoms with Crippen LogP contribution in [-0.2, 0) is 0 Å². The van der Waals surface area contributed by atoms with E-state index in [4.69, 9.17) is 9.05 Å². The Kier molecular flexibility index (Phi) is 3.45. The van der Waals surface area contributed by atoms with Crippen molar-refractivity contribution in [2.45, 2.75) is 19.3 Å². The maximum Gasteiger partial charge on any atom is 0.276 e. The predicted octanol–water partition coefficient (Wildman–Crippen LogP) is 2.72. The van der Waals surface area contributed by atoms with Gasteiger partial charge < -0.3 is 13.9 Å². The van der Waals surface area contributed by atoms with Gasteiger partial charge in [0, 0.05) is 19.2 Å². The first-order valence-electron chi connectivity index (χ1n) is 7.31. The van der Waals surface area contributed by atoms with Gasteiger partial charge in [0.15, 0.2) is 17.3 Å². The van der Waals surface area contributed by atoms with Crippen LogP contribution in [0.1, 0.15) is 34.5 Å². The summed E-state index contributed by atoms with van der Waals surface area (Å²) in [6.45, 7) is 2.99. The van der Waals surface area contributed by atoms with Crippen molar-refractivity contribution in [1.82, 2.24) is 20.2 Å². The fourth-order valence-corrected chi connectivity index (χ4v) is 3.37. The molecule has 3 aromatic rings. The van der Waals surface area contributed by atoms with E-state index >= 15 is 0 Å². The van der Waals surface area contributed by atoms with Gasteiger partial charge in [-0.2, -0.15) is 4.98 Å². The Morgan fingerprint density at radius 1 is 1.39 bits per heavy atom. The smallest absolute Gasteiger partial charge is 0.276 e. The van der Waals surface area contributed by atoms with Crippen molar-refractivity contribution in [3.8, 4) is 10.6 Å². The molecule has 0 aromatic carbocycles. The van der Waals surface area contributed by atoms with Gasteiger partial charge in [0.2, 0.25) is 5.89 Å². The van der Waals surface area contributed by atoms with Gasteiger partial charge in [0.1, 0.15) is 0 Å². The molecular formula is C15H14N4O3S. The predicted molar refractivity (Wildman–Crippen MR) is 82.1 cm³/mol. The highest BCUT2D eigenvalue weighted by Crippen LogP contribution is 2.29. The number of hydrogen-bond acceptors (Lipinski definition) is 7. The number of thiophene rings is 1. The standard InChI is InChI=1S/C15H14N4O3S/c1-9-16-14(22-17-9)10-4-5-19(8-10)15(20)11-7-12(21-18-11)13-3-2-6-23-13/h2-3,6-7,10H,4-5,8H2,1H3. The van der Waals surface area contributed by atoms with E-state index in [1.807, 2.05) is 17.5 Å². The first kappa shape index (κ1) is 14.1. The lowest BCUT2D eigenvalue weighted by atomic mass is 10.1. The molecule has 4 rings (SSSR count). The van der Waals surface area contributed by atoms with Gasteiger partial charge in [0.25, 0.3) is 5.91 Å². The van der Waals surface area contributed by atoms with E-state index in [0.29, 0.717) is 36.3 Å². The monoisotopic (exact) mass is 330 g/mol. The zero-order valence-electron chi connectivity index (χ0n) is 12.4. The van der Waals surface area contributed by atoms with Crippen LogP contribution >= 0.6 is 11.3 Å². The normalized spacial score (nSPS) is 17.8. The van der Waals surface area contributed by atoms with Crippen LogP contribution in [0.25, 0.3) is 10.6 Å². The lowest BCUT2D eigenvalue weighted by Crippen LogP contribution is -2.28. The molecule has 0 bridgehead atoms. The fourth-order valence-electron chi connectivity index (χ4n) is 2.70. The number of carbonyl (C=O) groups is 1. The van der Waals surface area contributed by atoms with Gasteiger partial charge in [-0.3, -0.25) is 4.79 Å². The van der Waals surface area contributed by atoms with Crippen LogP contribution in [0.2, 0.25) is 0 Å². The molecule has 0 spiro atoms. The average molecular weight is 330 g/mol. The van der Waals surface area contributed by atoms with E-state index in [9.17, 15) is 4.79 Å². The molecule has 8 heteroatoms. The summed E-state index contributed by atoms with van der Waals surface area (Å²) in [4.78, 5) is 19.5. The Balaban J connectivity index is 1.48. The molecular weight excluding hydrogens is 316 g/mol. The van der Waals surface area contributed by atoms with Gasteiger partial charge >= 0.3 is 0 Å². The quantitative estimate of drug-likeness (QED) is 0.734. The summed E-state index contributed by atoms with van der Waals surface area (Å²) >= 11 is 1.55. The van der Waals surface area contributed by atoms with Crippen LogP contribution in [0.3, 0.4) is 0 Å². The minimum absolute atomic E-state index is 0.0869. The summed E-state index contributed by atoms with van der Waals surface area (Å²) in [5.74, 6) is 1.78. The maximum atomic E-state index is 12.6. The zero-order chi connectivity index (χ0) is 15.8. The molecule has 0 saturated carbocycles. The number of hydrogen-bond donors (Lipinski definition) is 0. The second kappa shape index (κ2) is 5.62. The first-order chi connectivity index (χ1) is 11.2. The highest BCUT2D eigenvalue weighted by atomic mass is 32.1. The number of likely N-dealkylation sites (tertiary alicyclic amines) is 1. The summed E-state index contributed by atoms with van der Waals surface area (Å²) in [6, 6.07) is 5.56. The van der Waals surface area contributed by atoms with Crippen molar-refractivity contribution in [2.75, 3.05) is 13.1 Å². The molecule has 1 fully saturated rings. The Hall–Kier alpha value is -2.48. The summed E-state index contributed by atoms with van der Waals surface area (Å²) in [6.07, 6.45) is 0.809. The van der Waals surface area contributed by atoms with Gasteiger partial charge in [-0.1, -0.05) is 16.4 Å². The Labute approximate surface area is 135 Å². The number of aryl methyl sites for hydroxylation is 1. The van der Waals surface area contributed by atoms with Gasteiger partial charge in [-0.15, -0.1) is 11.3 Å².